The summed E-state index contributed by atoms with van der Waals surface area (Å²) >= 11 is 0. The van der Waals surface area contributed by atoms with Gasteiger partial charge in [0, 0.05) is 5.92 Å². The van der Waals surface area contributed by atoms with Crippen molar-refractivity contribution in [1.29, 1.82) is 0 Å². The van der Waals surface area contributed by atoms with Crippen molar-refractivity contribution in [2.45, 2.75) is 123 Å². The average Bonchev–Trinajstić information content (AvgIpc) is 3.62. The Labute approximate surface area is 281 Å². The van der Waals surface area contributed by atoms with Gasteiger partial charge in [0.15, 0.2) is 0 Å². The summed E-state index contributed by atoms with van der Waals surface area (Å²) < 4.78 is 25.5. The number of hydrogen-bond acceptors (Lipinski definition) is 6. The second-order valence-corrected chi connectivity index (χ2v) is 16.8. The number of ether oxygens (including phenoxy) is 2. The third-order valence-electron chi connectivity index (χ3n) is 12.3. The minimum absolute atomic E-state index is 0.0663. The van der Waals surface area contributed by atoms with Gasteiger partial charge in [0.1, 0.15) is 23.0 Å². The Hall–Kier alpha value is -2.84. The predicted octanol–water partition coefficient (Wildman–Crippen LogP) is 7.39. The first kappa shape index (κ1) is 32.7. The molecular formula is C39H52BNO6. The van der Waals surface area contributed by atoms with Crippen LogP contribution in [0.1, 0.15) is 107 Å². The molecule has 0 unspecified atom stereocenters. The van der Waals surface area contributed by atoms with E-state index in [1.165, 1.54) is 12.0 Å². The molecule has 6 fully saturated rings. The molecule has 4 saturated carbocycles. The highest BCUT2D eigenvalue weighted by molar-refractivity contribution is 6.45. The number of aryl methyl sites for hydroxylation is 1. The SMILES string of the molecule is Cc1c(CCB2O[C@@H]3C[C@@H]4C[C@@H](C4(C)C)[C@]3(C)O2)ccc(OC2CN(C(=O)[C@H]3CC[C@@H](c4ccccc4)C3)C2)c1C(=O)OC(C)(C)C. The molecule has 2 aliphatic heterocycles. The van der Waals surface area contributed by atoms with Gasteiger partial charge < -0.3 is 23.7 Å². The zero-order valence-electron chi connectivity index (χ0n) is 29.3. The summed E-state index contributed by atoms with van der Waals surface area (Å²) in [6.07, 6.45) is 6.65. The third-order valence-corrected chi connectivity index (χ3v) is 12.3. The molecule has 0 N–H and O–H groups in total. The van der Waals surface area contributed by atoms with Crippen LogP contribution in [-0.4, -0.2) is 60.4 Å². The summed E-state index contributed by atoms with van der Waals surface area (Å²) in [4.78, 5) is 28.9. The van der Waals surface area contributed by atoms with Crippen LogP contribution in [0.2, 0.25) is 6.32 Å². The number of carbonyl (C=O) groups excluding carboxylic acids is 2. The topological polar surface area (TPSA) is 74.3 Å². The van der Waals surface area contributed by atoms with Crippen molar-refractivity contribution in [2.75, 3.05) is 13.1 Å². The van der Waals surface area contributed by atoms with Crippen molar-refractivity contribution in [3.8, 4) is 5.75 Å². The lowest BCUT2D eigenvalue weighted by Crippen LogP contribution is -2.65. The Balaban J connectivity index is 0.992. The molecule has 252 valence electrons. The van der Waals surface area contributed by atoms with E-state index in [4.69, 9.17) is 18.8 Å². The summed E-state index contributed by atoms with van der Waals surface area (Å²) in [6.45, 7) is 15.7. The van der Waals surface area contributed by atoms with Crippen LogP contribution in [0.3, 0.4) is 0 Å². The van der Waals surface area contributed by atoms with E-state index in [0.717, 1.165) is 55.5 Å². The fourth-order valence-corrected chi connectivity index (χ4v) is 9.39. The lowest BCUT2D eigenvalue weighted by Gasteiger charge is -2.64. The standard InChI is InChI=1S/C39H52BNO6/c1-24-25(17-18-40-46-33-21-29-20-32(38(29,5)6)39(33,7)47-40)15-16-31(34(24)36(43)45-37(2,3)4)44-30-22-41(23-30)35(42)28-14-13-27(19-28)26-11-9-8-10-12-26/h8-12,15-16,27-30,32-33H,13-14,17-23H2,1-7H3/t27-,28+,29+,32+,33-,39+/m1/s1. The molecule has 0 aromatic heterocycles. The molecule has 2 aromatic carbocycles. The fourth-order valence-electron chi connectivity index (χ4n) is 9.39. The van der Waals surface area contributed by atoms with Gasteiger partial charge in [0.05, 0.1) is 24.8 Å². The van der Waals surface area contributed by atoms with Gasteiger partial charge in [-0.25, -0.2) is 4.79 Å². The van der Waals surface area contributed by atoms with Crippen LogP contribution in [0.25, 0.3) is 0 Å². The van der Waals surface area contributed by atoms with Gasteiger partial charge in [-0.05, 0) is 125 Å². The van der Waals surface area contributed by atoms with Crippen molar-refractivity contribution >= 4 is 19.0 Å². The van der Waals surface area contributed by atoms with E-state index in [2.05, 4.69) is 51.1 Å². The van der Waals surface area contributed by atoms with Crippen LogP contribution in [0.15, 0.2) is 42.5 Å². The molecular weight excluding hydrogens is 589 g/mol. The first-order valence-electron chi connectivity index (χ1n) is 17.9. The summed E-state index contributed by atoms with van der Waals surface area (Å²) in [7, 11) is -0.248. The molecule has 8 rings (SSSR count). The highest BCUT2D eigenvalue weighted by atomic mass is 16.7. The quantitative estimate of drug-likeness (QED) is 0.221. The van der Waals surface area contributed by atoms with Gasteiger partial charge in [-0.1, -0.05) is 50.2 Å². The van der Waals surface area contributed by atoms with E-state index in [9.17, 15) is 9.59 Å². The predicted molar refractivity (Wildman–Crippen MR) is 182 cm³/mol. The molecule has 0 spiro atoms. The number of benzene rings is 2. The Morgan fingerprint density at radius 1 is 1.00 bits per heavy atom. The Bertz CT molecular complexity index is 1510. The van der Waals surface area contributed by atoms with E-state index in [1.807, 2.05) is 44.7 Å². The normalized spacial score (nSPS) is 31.2. The number of carbonyl (C=O) groups is 2. The summed E-state index contributed by atoms with van der Waals surface area (Å²) in [5, 5.41) is 0. The van der Waals surface area contributed by atoms with Crippen LogP contribution in [0.5, 0.6) is 5.75 Å². The lowest BCUT2D eigenvalue weighted by atomic mass is 9.43. The number of likely N-dealkylation sites (tertiary alicyclic amines) is 1. The highest BCUT2D eigenvalue weighted by Crippen LogP contribution is 2.65. The number of esters is 1. The van der Waals surface area contributed by atoms with Crippen LogP contribution in [-0.2, 0) is 25.3 Å². The van der Waals surface area contributed by atoms with Gasteiger partial charge in [0.2, 0.25) is 5.91 Å². The number of rotatable bonds is 8. The molecule has 8 heteroatoms. The second-order valence-electron chi connectivity index (χ2n) is 16.8. The molecule has 1 amide bonds. The summed E-state index contributed by atoms with van der Waals surface area (Å²) in [6, 6.07) is 14.5. The number of nitrogens with zero attached hydrogens (tertiary/aromatic N) is 1. The Morgan fingerprint density at radius 3 is 2.45 bits per heavy atom. The molecule has 7 nitrogen and oxygen atoms in total. The van der Waals surface area contributed by atoms with Gasteiger partial charge in [-0.2, -0.15) is 0 Å². The van der Waals surface area contributed by atoms with Gasteiger partial charge in [0.25, 0.3) is 0 Å². The van der Waals surface area contributed by atoms with Crippen molar-refractivity contribution in [1.82, 2.24) is 4.90 Å². The second kappa shape index (κ2) is 11.9. The monoisotopic (exact) mass is 641 g/mol. The maximum atomic E-state index is 13.6. The molecule has 4 aliphatic carbocycles. The van der Waals surface area contributed by atoms with Crippen molar-refractivity contribution in [3.05, 3.63) is 64.7 Å². The van der Waals surface area contributed by atoms with Gasteiger partial charge in [-0.3, -0.25) is 4.79 Å². The van der Waals surface area contributed by atoms with E-state index in [-0.39, 0.29) is 42.7 Å². The minimum Gasteiger partial charge on any atom is -0.486 e. The smallest absolute Gasteiger partial charge is 0.457 e. The van der Waals surface area contributed by atoms with Crippen LogP contribution in [0, 0.1) is 30.1 Å². The molecule has 6 atom stereocenters. The molecule has 0 radical (unpaired) electrons. The largest absolute Gasteiger partial charge is 0.486 e. The maximum Gasteiger partial charge on any atom is 0.457 e. The molecule has 2 saturated heterocycles. The van der Waals surface area contributed by atoms with E-state index in [1.54, 1.807) is 0 Å². The Morgan fingerprint density at radius 2 is 1.74 bits per heavy atom. The minimum atomic E-state index is -0.638. The van der Waals surface area contributed by atoms with E-state index in [0.29, 0.717) is 41.7 Å². The summed E-state index contributed by atoms with van der Waals surface area (Å²) in [5.74, 6) is 2.14. The number of amides is 1. The molecule has 2 heterocycles. The fraction of sp³-hybridized carbons (Fsp3) is 0.641. The van der Waals surface area contributed by atoms with Crippen LogP contribution in [0.4, 0.5) is 0 Å². The summed E-state index contributed by atoms with van der Waals surface area (Å²) in [5.41, 5.74) is 3.18. The number of hydrogen-bond donors (Lipinski definition) is 0. The van der Waals surface area contributed by atoms with Crippen molar-refractivity contribution in [2.24, 2.45) is 23.2 Å². The zero-order valence-corrected chi connectivity index (χ0v) is 29.3. The molecule has 6 aliphatic rings. The Kier molecular flexibility index (Phi) is 8.31. The first-order chi connectivity index (χ1) is 22.2. The molecule has 2 bridgehead atoms. The third kappa shape index (κ3) is 6.03. The van der Waals surface area contributed by atoms with Crippen molar-refractivity contribution < 1.29 is 28.4 Å². The van der Waals surface area contributed by atoms with E-state index < -0.39 is 5.60 Å². The zero-order chi connectivity index (χ0) is 33.3. The lowest BCUT2D eigenvalue weighted by molar-refractivity contribution is -0.199. The van der Waals surface area contributed by atoms with Crippen LogP contribution >= 0.6 is 0 Å². The molecule has 47 heavy (non-hydrogen) atoms. The van der Waals surface area contributed by atoms with E-state index >= 15 is 0 Å². The highest BCUT2D eigenvalue weighted by Gasteiger charge is 2.67. The first-order valence-corrected chi connectivity index (χ1v) is 17.9. The van der Waals surface area contributed by atoms with Crippen LogP contribution < -0.4 is 4.74 Å². The molecule has 2 aromatic rings. The van der Waals surface area contributed by atoms with Crippen molar-refractivity contribution in [3.63, 3.8) is 0 Å². The average molecular weight is 642 g/mol. The van der Waals surface area contributed by atoms with Gasteiger partial charge in [-0.15, -0.1) is 0 Å². The maximum absolute atomic E-state index is 13.6. The van der Waals surface area contributed by atoms with Gasteiger partial charge >= 0.3 is 13.1 Å².